The van der Waals surface area contributed by atoms with Crippen LogP contribution >= 0.6 is 0 Å². The van der Waals surface area contributed by atoms with Crippen molar-refractivity contribution >= 4 is 11.7 Å². The van der Waals surface area contributed by atoms with Crippen LogP contribution in [0.2, 0.25) is 0 Å². The van der Waals surface area contributed by atoms with Crippen molar-refractivity contribution in [1.82, 2.24) is 0 Å². The van der Waals surface area contributed by atoms with Crippen LogP contribution in [0.15, 0.2) is 30.3 Å². The first-order valence-corrected chi connectivity index (χ1v) is 8.26. The second-order valence-corrected chi connectivity index (χ2v) is 5.63. The molecule has 3 heteroatoms. The van der Waals surface area contributed by atoms with Crippen LogP contribution < -0.4 is 4.90 Å². The van der Waals surface area contributed by atoms with Gasteiger partial charge in [0.2, 0.25) is 0 Å². The van der Waals surface area contributed by atoms with Gasteiger partial charge in [-0.3, -0.25) is 4.79 Å². The molecule has 1 rings (SSSR count). The first-order chi connectivity index (χ1) is 10.2. The van der Waals surface area contributed by atoms with E-state index in [4.69, 9.17) is 5.11 Å². The number of unbranched alkanes of at least 4 members (excludes halogenated alkanes) is 7. The fourth-order valence-electron chi connectivity index (χ4n) is 2.54. The zero-order valence-electron chi connectivity index (χ0n) is 13.3. The smallest absolute Gasteiger partial charge is 0.323 e. The topological polar surface area (TPSA) is 40.5 Å². The van der Waals surface area contributed by atoms with Crippen LogP contribution in [-0.2, 0) is 4.79 Å². The van der Waals surface area contributed by atoms with Gasteiger partial charge in [-0.2, -0.15) is 0 Å². The minimum Gasteiger partial charge on any atom is -0.480 e. The summed E-state index contributed by atoms with van der Waals surface area (Å²) >= 11 is 0. The van der Waals surface area contributed by atoms with E-state index in [1.165, 1.54) is 44.9 Å². The Bertz CT molecular complexity index is 378. The predicted octanol–water partition coefficient (Wildman–Crippen LogP) is 4.72. The van der Waals surface area contributed by atoms with Crippen LogP contribution in [-0.4, -0.2) is 24.2 Å². The van der Waals surface area contributed by atoms with Crippen molar-refractivity contribution in [2.24, 2.45) is 0 Å². The van der Waals surface area contributed by atoms with Gasteiger partial charge in [0.15, 0.2) is 0 Å². The first-order valence-electron chi connectivity index (χ1n) is 8.26. The van der Waals surface area contributed by atoms with Crippen molar-refractivity contribution in [2.45, 2.75) is 58.3 Å². The highest BCUT2D eigenvalue weighted by Gasteiger charge is 2.09. The fraction of sp³-hybridized carbons (Fsp3) is 0.611. The highest BCUT2D eigenvalue weighted by atomic mass is 16.4. The number of anilines is 1. The maximum Gasteiger partial charge on any atom is 0.323 e. The molecule has 1 aromatic rings. The molecule has 0 aromatic heterocycles. The van der Waals surface area contributed by atoms with Crippen molar-refractivity contribution in [3.8, 4) is 0 Å². The summed E-state index contributed by atoms with van der Waals surface area (Å²) in [4.78, 5) is 12.9. The van der Waals surface area contributed by atoms with Crippen molar-refractivity contribution < 1.29 is 9.90 Å². The molecule has 0 unspecified atom stereocenters. The fourth-order valence-corrected chi connectivity index (χ4v) is 2.54. The van der Waals surface area contributed by atoms with Gasteiger partial charge >= 0.3 is 5.97 Å². The lowest BCUT2D eigenvalue weighted by Gasteiger charge is -2.22. The van der Waals surface area contributed by atoms with Crippen molar-refractivity contribution in [2.75, 3.05) is 18.0 Å². The molecule has 1 aromatic carbocycles. The summed E-state index contributed by atoms with van der Waals surface area (Å²) in [6.07, 6.45) is 10.2. The summed E-state index contributed by atoms with van der Waals surface area (Å²) in [5, 5.41) is 9.03. The summed E-state index contributed by atoms with van der Waals surface area (Å²) in [5.41, 5.74) is 1.00. The Kier molecular flexibility index (Phi) is 9.34. The van der Waals surface area contributed by atoms with Gasteiger partial charge in [-0.1, -0.05) is 70.1 Å². The molecule has 118 valence electrons. The number of carbonyl (C=O) groups is 1. The van der Waals surface area contributed by atoms with Gasteiger partial charge in [-0.15, -0.1) is 0 Å². The zero-order chi connectivity index (χ0) is 15.3. The number of aliphatic carboxylic acids is 1. The Balaban J connectivity index is 2.23. The SMILES string of the molecule is CCCCCCCCCCN(CC(=O)O)c1ccccc1. The molecule has 3 nitrogen and oxygen atoms in total. The third-order valence-corrected chi connectivity index (χ3v) is 3.73. The second-order valence-electron chi connectivity index (χ2n) is 5.63. The van der Waals surface area contributed by atoms with E-state index < -0.39 is 5.97 Å². The quantitative estimate of drug-likeness (QED) is 0.567. The molecule has 0 heterocycles. The monoisotopic (exact) mass is 291 g/mol. The largest absolute Gasteiger partial charge is 0.480 e. The normalized spacial score (nSPS) is 10.5. The van der Waals surface area contributed by atoms with E-state index in [0.29, 0.717) is 0 Å². The molecule has 0 bridgehead atoms. The predicted molar refractivity (Wildman–Crippen MR) is 88.9 cm³/mol. The van der Waals surface area contributed by atoms with Crippen molar-refractivity contribution in [1.29, 1.82) is 0 Å². The third-order valence-electron chi connectivity index (χ3n) is 3.73. The minimum atomic E-state index is -0.765. The molecule has 0 aliphatic heterocycles. The lowest BCUT2D eigenvalue weighted by molar-refractivity contribution is -0.135. The number of benzene rings is 1. The van der Waals surface area contributed by atoms with Crippen LogP contribution in [0.25, 0.3) is 0 Å². The van der Waals surface area contributed by atoms with Crippen LogP contribution in [0.4, 0.5) is 5.69 Å². The Morgan fingerprint density at radius 1 is 0.952 bits per heavy atom. The van der Waals surface area contributed by atoms with E-state index in [1.807, 2.05) is 35.2 Å². The van der Waals surface area contributed by atoms with Gasteiger partial charge in [0.05, 0.1) is 0 Å². The Morgan fingerprint density at radius 2 is 1.52 bits per heavy atom. The van der Waals surface area contributed by atoms with Gasteiger partial charge < -0.3 is 10.0 Å². The van der Waals surface area contributed by atoms with E-state index >= 15 is 0 Å². The summed E-state index contributed by atoms with van der Waals surface area (Å²) in [6, 6.07) is 9.83. The van der Waals surface area contributed by atoms with Crippen LogP contribution in [0.5, 0.6) is 0 Å². The molecule has 0 saturated carbocycles. The summed E-state index contributed by atoms with van der Waals surface area (Å²) < 4.78 is 0. The third kappa shape index (κ3) is 8.38. The van der Waals surface area contributed by atoms with Crippen LogP contribution in [0, 0.1) is 0 Å². The van der Waals surface area contributed by atoms with Gasteiger partial charge in [0.25, 0.3) is 0 Å². The van der Waals surface area contributed by atoms with E-state index in [0.717, 1.165) is 18.7 Å². The standard InChI is InChI=1S/C18H29NO2/c1-2-3-4-5-6-7-8-12-15-19(16-18(20)21)17-13-10-9-11-14-17/h9-11,13-14H,2-8,12,15-16H2,1H3,(H,20,21). The number of rotatable bonds is 12. The second kappa shape index (κ2) is 11.2. The Morgan fingerprint density at radius 3 is 2.10 bits per heavy atom. The molecule has 1 N–H and O–H groups in total. The van der Waals surface area contributed by atoms with Gasteiger partial charge in [0.1, 0.15) is 6.54 Å². The van der Waals surface area contributed by atoms with Gasteiger partial charge in [0, 0.05) is 12.2 Å². The average Bonchev–Trinajstić information content (AvgIpc) is 2.49. The van der Waals surface area contributed by atoms with E-state index in [-0.39, 0.29) is 6.54 Å². The summed E-state index contributed by atoms with van der Waals surface area (Å²) in [7, 11) is 0. The molecule has 0 radical (unpaired) electrons. The highest BCUT2D eigenvalue weighted by molar-refractivity contribution is 5.73. The Labute approximate surface area is 129 Å². The average molecular weight is 291 g/mol. The molecule has 0 aliphatic carbocycles. The molecule has 0 amide bonds. The lowest BCUT2D eigenvalue weighted by Crippen LogP contribution is -2.30. The number of carboxylic acids is 1. The maximum atomic E-state index is 11.0. The Hall–Kier alpha value is -1.51. The van der Waals surface area contributed by atoms with Crippen molar-refractivity contribution in [3.05, 3.63) is 30.3 Å². The van der Waals surface area contributed by atoms with Gasteiger partial charge in [-0.05, 0) is 18.6 Å². The van der Waals surface area contributed by atoms with E-state index in [9.17, 15) is 4.79 Å². The highest BCUT2D eigenvalue weighted by Crippen LogP contribution is 2.15. The molecule has 0 saturated heterocycles. The minimum absolute atomic E-state index is 0.0838. The molecule has 0 fully saturated rings. The molecule has 0 aliphatic rings. The number of nitrogens with zero attached hydrogens (tertiary/aromatic N) is 1. The molecular formula is C18H29NO2. The number of para-hydroxylation sites is 1. The molecular weight excluding hydrogens is 262 g/mol. The van der Waals surface area contributed by atoms with Crippen molar-refractivity contribution in [3.63, 3.8) is 0 Å². The molecule has 0 atom stereocenters. The van der Waals surface area contributed by atoms with Gasteiger partial charge in [-0.25, -0.2) is 0 Å². The number of hydrogen-bond acceptors (Lipinski definition) is 2. The summed E-state index contributed by atoms with van der Waals surface area (Å²) in [5.74, 6) is -0.765. The first kappa shape index (κ1) is 17.5. The number of hydrogen-bond donors (Lipinski definition) is 1. The van der Waals surface area contributed by atoms with E-state index in [2.05, 4.69) is 6.92 Å². The lowest BCUT2D eigenvalue weighted by atomic mass is 10.1. The summed E-state index contributed by atoms with van der Waals surface area (Å²) in [6.45, 7) is 3.15. The van der Waals surface area contributed by atoms with Crippen LogP contribution in [0.3, 0.4) is 0 Å². The molecule has 21 heavy (non-hydrogen) atoms. The molecule has 0 spiro atoms. The van der Waals surface area contributed by atoms with E-state index in [1.54, 1.807) is 0 Å². The maximum absolute atomic E-state index is 11.0. The zero-order valence-corrected chi connectivity index (χ0v) is 13.3. The van der Waals surface area contributed by atoms with Crippen LogP contribution in [0.1, 0.15) is 58.3 Å². The number of carboxylic acid groups (broad SMARTS) is 1.